The van der Waals surface area contributed by atoms with Gasteiger partial charge in [0.05, 0.1) is 21.1 Å². The van der Waals surface area contributed by atoms with Crippen LogP contribution in [0.2, 0.25) is 0 Å². The van der Waals surface area contributed by atoms with Crippen molar-refractivity contribution in [3.05, 3.63) is 0 Å². The Bertz CT molecular complexity index is 194. The number of carbonyl (C=O) groups is 1. The van der Waals surface area contributed by atoms with Crippen LogP contribution >= 0.6 is 0 Å². The standard InChI is InChI=1S/C10H21N3O/c1-5-6-7-8-11-12-10(14)9-13(2,3)4/h8H,5-7,9H2,1-4H3/p+1. The van der Waals surface area contributed by atoms with E-state index >= 15 is 0 Å². The second kappa shape index (κ2) is 6.54. The van der Waals surface area contributed by atoms with Crippen molar-refractivity contribution in [3.8, 4) is 0 Å². The molecule has 0 aromatic carbocycles. The molecular weight excluding hydrogens is 178 g/mol. The van der Waals surface area contributed by atoms with Gasteiger partial charge in [0.1, 0.15) is 0 Å². The van der Waals surface area contributed by atoms with Crippen LogP contribution in [0.1, 0.15) is 26.2 Å². The molecule has 0 unspecified atom stereocenters. The van der Waals surface area contributed by atoms with Gasteiger partial charge in [0.15, 0.2) is 6.54 Å². The average Bonchev–Trinajstić information content (AvgIpc) is 2.00. The Morgan fingerprint density at radius 2 is 2.07 bits per heavy atom. The lowest BCUT2D eigenvalue weighted by atomic mass is 10.3. The lowest BCUT2D eigenvalue weighted by molar-refractivity contribution is -0.862. The van der Waals surface area contributed by atoms with Crippen molar-refractivity contribution in [2.24, 2.45) is 5.10 Å². The fourth-order valence-electron chi connectivity index (χ4n) is 0.944. The first kappa shape index (κ1) is 13.1. The Morgan fingerprint density at radius 1 is 1.43 bits per heavy atom. The average molecular weight is 200 g/mol. The quantitative estimate of drug-likeness (QED) is 0.295. The van der Waals surface area contributed by atoms with E-state index in [9.17, 15) is 4.79 Å². The fourth-order valence-corrected chi connectivity index (χ4v) is 0.944. The molecule has 0 aliphatic rings. The maximum atomic E-state index is 11.3. The number of likely N-dealkylation sites (N-methyl/N-ethyl adjacent to an activating group) is 1. The third kappa shape index (κ3) is 9.19. The SMILES string of the molecule is CCCCC=NNC(=O)C[N+](C)(C)C. The second-order valence-electron chi connectivity index (χ2n) is 4.44. The molecule has 0 aromatic heterocycles. The highest BCUT2D eigenvalue weighted by atomic mass is 16.2. The van der Waals surface area contributed by atoms with Crippen LogP contribution in [0.25, 0.3) is 0 Å². The van der Waals surface area contributed by atoms with Crippen molar-refractivity contribution in [1.29, 1.82) is 0 Å². The molecule has 0 aromatic rings. The van der Waals surface area contributed by atoms with Crippen LogP contribution in [0.5, 0.6) is 0 Å². The van der Waals surface area contributed by atoms with E-state index in [0.29, 0.717) is 11.0 Å². The number of hydrazone groups is 1. The van der Waals surface area contributed by atoms with Gasteiger partial charge in [-0.2, -0.15) is 5.10 Å². The summed E-state index contributed by atoms with van der Waals surface area (Å²) in [6.45, 7) is 2.58. The Morgan fingerprint density at radius 3 is 2.57 bits per heavy atom. The predicted octanol–water partition coefficient (Wildman–Crippen LogP) is 0.985. The molecule has 0 heterocycles. The summed E-state index contributed by atoms with van der Waals surface area (Å²) in [4.78, 5) is 11.3. The van der Waals surface area contributed by atoms with Gasteiger partial charge in [-0.25, -0.2) is 5.43 Å². The largest absolute Gasteiger partial charge is 0.323 e. The zero-order valence-electron chi connectivity index (χ0n) is 9.71. The van der Waals surface area contributed by atoms with E-state index in [2.05, 4.69) is 17.5 Å². The number of nitrogens with zero attached hydrogens (tertiary/aromatic N) is 2. The predicted molar refractivity (Wildman–Crippen MR) is 59.1 cm³/mol. The molecule has 4 nitrogen and oxygen atoms in total. The second-order valence-corrected chi connectivity index (χ2v) is 4.44. The molecule has 4 heteroatoms. The Kier molecular flexibility index (Phi) is 6.12. The summed E-state index contributed by atoms with van der Waals surface area (Å²) in [7, 11) is 5.92. The minimum absolute atomic E-state index is 0.0368. The molecule has 0 radical (unpaired) electrons. The highest BCUT2D eigenvalue weighted by Crippen LogP contribution is 1.90. The van der Waals surface area contributed by atoms with Crippen molar-refractivity contribution in [1.82, 2.24) is 5.43 Å². The van der Waals surface area contributed by atoms with Crippen LogP contribution < -0.4 is 5.43 Å². The van der Waals surface area contributed by atoms with Crippen LogP contribution in [0.15, 0.2) is 5.10 Å². The number of rotatable bonds is 6. The van der Waals surface area contributed by atoms with E-state index in [1.54, 1.807) is 6.21 Å². The third-order valence-corrected chi connectivity index (χ3v) is 1.59. The third-order valence-electron chi connectivity index (χ3n) is 1.59. The van der Waals surface area contributed by atoms with Crippen molar-refractivity contribution >= 4 is 12.1 Å². The smallest absolute Gasteiger partial charge is 0.295 e. The molecule has 0 saturated carbocycles. The lowest BCUT2D eigenvalue weighted by Crippen LogP contribution is -2.43. The van der Waals surface area contributed by atoms with E-state index in [1.807, 2.05) is 21.1 Å². The first-order chi connectivity index (χ1) is 6.45. The number of quaternary nitrogens is 1. The van der Waals surface area contributed by atoms with Gasteiger partial charge in [-0.1, -0.05) is 13.3 Å². The topological polar surface area (TPSA) is 41.5 Å². The van der Waals surface area contributed by atoms with E-state index < -0.39 is 0 Å². The Labute approximate surface area is 86.6 Å². The summed E-state index contributed by atoms with van der Waals surface area (Å²) in [5, 5.41) is 3.86. The van der Waals surface area contributed by atoms with Gasteiger partial charge in [-0.15, -0.1) is 0 Å². The zero-order valence-corrected chi connectivity index (χ0v) is 9.71. The maximum absolute atomic E-state index is 11.3. The van der Waals surface area contributed by atoms with Crippen LogP contribution in [-0.2, 0) is 4.79 Å². The number of unbranched alkanes of at least 4 members (excludes halogenated alkanes) is 2. The van der Waals surface area contributed by atoms with Gasteiger partial charge < -0.3 is 4.48 Å². The first-order valence-corrected chi connectivity index (χ1v) is 5.06. The molecule has 0 rings (SSSR count). The number of amides is 1. The Balaban J connectivity index is 3.59. The van der Waals surface area contributed by atoms with E-state index in [1.165, 1.54) is 0 Å². The molecule has 1 N–H and O–H groups in total. The molecule has 0 spiro atoms. The summed E-state index contributed by atoms with van der Waals surface area (Å²) >= 11 is 0. The summed E-state index contributed by atoms with van der Waals surface area (Å²) in [6, 6.07) is 0. The minimum Gasteiger partial charge on any atom is -0.323 e. The van der Waals surface area contributed by atoms with Crippen LogP contribution in [-0.4, -0.2) is 44.3 Å². The molecule has 0 fully saturated rings. The first-order valence-electron chi connectivity index (χ1n) is 5.06. The van der Waals surface area contributed by atoms with Crippen LogP contribution in [0.4, 0.5) is 0 Å². The molecule has 0 bridgehead atoms. The van der Waals surface area contributed by atoms with E-state index in [-0.39, 0.29) is 5.91 Å². The fraction of sp³-hybridized carbons (Fsp3) is 0.800. The molecule has 0 atom stereocenters. The van der Waals surface area contributed by atoms with E-state index in [4.69, 9.17) is 0 Å². The Hall–Kier alpha value is -0.900. The zero-order chi connectivity index (χ0) is 11.0. The molecule has 0 aliphatic heterocycles. The van der Waals surface area contributed by atoms with Gasteiger partial charge in [0.2, 0.25) is 0 Å². The lowest BCUT2D eigenvalue weighted by Gasteiger charge is -2.21. The van der Waals surface area contributed by atoms with Crippen molar-refractivity contribution in [2.75, 3.05) is 27.7 Å². The number of carbonyl (C=O) groups excluding carboxylic acids is 1. The molecule has 1 amide bonds. The van der Waals surface area contributed by atoms with Gasteiger partial charge in [0.25, 0.3) is 5.91 Å². The van der Waals surface area contributed by atoms with Crippen molar-refractivity contribution in [2.45, 2.75) is 26.2 Å². The molecule has 0 saturated heterocycles. The highest BCUT2D eigenvalue weighted by molar-refractivity contribution is 5.77. The number of nitrogens with one attached hydrogen (secondary N) is 1. The monoisotopic (exact) mass is 200 g/mol. The summed E-state index contributed by atoms with van der Waals surface area (Å²) < 4.78 is 0.621. The van der Waals surface area contributed by atoms with Gasteiger partial charge >= 0.3 is 0 Å². The van der Waals surface area contributed by atoms with Crippen molar-refractivity contribution < 1.29 is 9.28 Å². The summed E-state index contributed by atoms with van der Waals surface area (Å²) in [5.41, 5.74) is 2.51. The number of hydrogen-bond acceptors (Lipinski definition) is 2. The maximum Gasteiger partial charge on any atom is 0.295 e. The van der Waals surface area contributed by atoms with Crippen LogP contribution in [0, 0.1) is 0 Å². The highest BCUT2D eigenvalue weighted by Gasteiger charge is 2.12. The number of hydrogen-bond donors (Lipinski definition) is 1. The summed E-state index contributed by atoms with van der Waals surface area (Å²) in [6.07, 6.45) is 4.96. The van der Waals surface area contributed by atoms with Crippen molar-refractivity contribution in [3.63, 3.8) is 0 Å². The summed E-state index contributed by atoms with van der Waals surface area (Å²) in [5.74, 6) is -0.0368. The minimum atomic E-state index is -0.0368. The normalized spacial score (nSPS) is 12.0. The van der Waals surface area contributed by atoms with Crippen LogP contribution in [0.3, 0.4) is 0 Å². The molecular formula is C10H22N3O+. The molecule has 82 valence electrons. The van der Waals surface area contributed by atoms with Gasteiger partial charge in [-0.3, -0.25) is 4.79 Å². The van der Waals surface area contributed by atoms with Gasteiger partial charge in [-0.05, 0) is 12.8 Å². The molecule has 14 heavy (non-hydrogen) atoms. The van der Waals surface area contributed by atoms with E-state index in [0.717, 1.165) is 19.3 Å². The molecule has 0 aliphatic carbocycles. The van der Waals surface area contributed by atoms with Gasteiger partial charge in [0, 0.05) is 6.21 Å².